The van der Waals surface area contributed by atoms with Gasteiger partial charge < -0.3 is 25.0 Å². The van der Waals surface area contributed by atoms with E-state index in [0.717, 1.165) is 31.6 Å². The zero-order chi connectivity index (χ0) is 20.0. The van der Waals surface area contributed by atoms with Gasteiger partial charge in [0.1, 0.15) is 12.6 Å². The van der Waals surface area contributed by atoms with Crippen molar-refractivity contribution >= 4 is 11.9 Å². The fourth-order valence-electron chi connectivity index (χ4n) is 4.27. The molecule has 1 heterocycles. The largest absolute Gasteiger partial charge is 0.354 e. The lowest BCUT2D eigenvalue weighted by Gasteiger charge is -2.34. The van der Waals surface area contributed by atoms with Crippen LogP contribution < -0.4 is 10.6 Å². The summed E-state index contributed by atoms with van der Waals surface area (Å²) in [4.78, 5) is 18.0. The number of rotatable bonds is 5. The molecule has 1 atom stereocenters. The Morgan fingerprint density at radius 3 is 2.54 bits per heavy atom. The molecule has 0 aromatic carbocycles. The maximum absolute atomic E-state index is 11.9. The molecule has 1 spiro atoms. The molecule has 28 heavy (non-hydrogen) atoms. The number of hydrogen-bond acceptors (Lipinski definition) is 4. The lowest BCUT2D eigenvalue weighted by Crippen LogP contribution is -2.47. The summed E-state index contributed by atoms with van der Waals surface area (Å²) in [5, 5.41) is 6.92. The smallest absolute Gasteiger partial charge is 0.243 e. The zero-order valence-electron chi connectivity index (χ0n) is 17.8. The molecule has 3 aliphatic rings. The van der Waals surface area contributed by atoms with Crippen LogP contribution >= 0.6 is 0 Å². The van der Waals surface area contributed by atoms with Gasteiger partial charge in [0.15, 0.2) is 11.7 Å². The fourth-order valence-corrected chi connectivity index (χ4v) is 4.27. The van der Waals surface area contributed by atoms with Crippen LogP contribution in [0.2, 0.25) is 0 Å². The standard InChI is InChI=1S/C21H38N4O3/c1-16-9-11-21(12-10-16)27-15-18(28-21)13-22-20(23-14-19(26)25(2)3)24-17-7-5-4-6-8-17/h16-18H,4-15H2,1-3H3,(H2,22,23,24). The summed E-state index contributed by atoms with van der Waals surface area (Å²) < 4.78 is 12.4. The molecule has 1 amide bonds. The molecule has 0 aromatic heterocycles. The van der Waals surface area contributed by atoms with Gasteiger partial charge in [0.25, 0.3) is 0 Å². The topological polar surface area (TPSA) is 75.2 Å². The van der Waals surface area contributed by atoms with Crippen molar-refractivity contribution < 1.29 is 14.3 Å². The highest BCUT2D eigenvalue weighted by molar-refractivity contribution is 5.84. The minimum atomic E-state index is -0.367. The molecule has 7 heteroatoms. The molecule has 2 N–H and O–H groups in total. The average Bonchev–Trinajstić information content (AvgIpc) is 3.10. The quantitative estimate of drug-likeness (QED) is 0.553. The summed E-state index contributed by atoms with van der Waals surface area (Å²) in [6.45, 7) is 3.72. The number of guanidine groups is 1. The number of aliphatic imine (C=N–C) groups is 1. The molecule has 7 nitrogen and oxygen atoms in total. The van der Waals surface area contributed by atoms with Crippen molar-refractivity contribution in [1.29, 1.82) is 0 Å². The SMILES string of the molecule is CC1CCC2(CC1)OCC(CNC(=NCC(=O)N(C)C)NC1CCCCC1)O2. The maximum Gasteiger partial charge on any atom is 0.243 e. The molecule has 3 rings (SSSR count). The molecular formula is C21H38N4O3. The van der Waals surface area contributed by atoms with E-state index < -0.39 is 0 Å². The van der Waals surface area contributed by atoms with Gasteiger partial charge in [-0.25, -0.2) is 4.99 Å². The van der Waals surface area contributed by atoms with E-state index in [1.165, 1.54) is 32.1 Å². The normalized spacial score (nSPS) is 31.8. The van der Waals surface area contributed by atoms with E-state index >= 15 is 0 Å². The minimum absolute atomic E-state index is 0.000437. The highest BCUT2D eigenvalue weighted by Gasteiger charge is 2.43. The lowest BCUT2D eigenvalue weighted by molar-refractivity contribution is -0.191. The van der Waals surface area contributed by atoms with Gasteiger partial charge >= 0.3 is 0 Å². The second-order valence-electron chi connectivity index (χ2n) is 8.96. The van der Waals surface area contributed by atoms with Crippen molar-refractivity contribution in [3.63, 3.8) is 0 Å². The van der Waals surface area contributed by atoms with Gasteiger partial charge in [0.2, 0.25) is 5.91 Å². The third kappa shape index (κ3) is 6.08. The summed E-state index contributed by atoms with van der Waals surface area (Å²) in [5.74, 6) is 1.11. The number of nitrogens with one attached hydrogen (secondary N) is 2. The third-order valence-corrected chi connectivity index (χ3v) is 6.26. The Balaban J connectivity index is 1.52. The predicted octanol–water partition coefficient (Wildman–Crippen LogP) is 2.26. The molecule has 0 bridgehead atoms. The van der Waals surface area contributed by atoms with Crippen molar-refractivity contribution in [2.75, 3.05) is 33.8 Å². The molecule has 0 aromatic rings. The van der Waals surface area contributed by atoms with Crippen molar-refractivity contribution in [3.8, 4) is 0 Å². The lowest BCUT2D eigenvalue weighted by atomic mass is 9.86. The van der Waals surface area contributed by atoms with Crippen molar-refractivity contribution in [2.24, 2.45) is 10.9 Å². The summed E-state index contributed by atoms with van der Waals surface area (Å²) >= 11 is 0. The van der Waals surface area contributed by atoms with Crippen LogP contribution in [0, 0.1) is 5.92 Å². The first kappa shape index (κ1) is 21.4. The van der Waals surface area contributed by atoms with Crippen LogP contribution in [0.5, 0.6) is 0 Å². The van der Waals surface area contributed by atoms with Gasteiger partial charge in [0.05, 0.1) is 6.61 Å². The van der Waals surface area contributed by atoms with Crippen LogP contribution in [0.3, 0.4) is 0 Å². The summed E-state index contributed by atoms with van der Waals surface area (Å²) in [6, 6.07) is 0.432. The third-order valence-electron chi connectivity index (χ3n) is 6.26. The zero-order valence-corrected chi connectivity index (χ0v) is 17.8. The first-order chi connectivity index (χ1) is 13.5. The average molecular weight is 395 g/mol. The van der Waals surface area contributed by atoms with Gasteiger partial charge in [-0.2, -0.15) is 0 Å². The molecule has 1 saturated heterocycles. The van der Waals surface area contributed by atoms with E-state index in [2.05, 4.69) is 22.5 Å². The number of ether oxygens (including phenoxy) is 2. The summed E-state index contributed by atoms with van der Waals surface area (Å²) in [5.41, 5.74) is 0. The number of carbonyl (C=O) groups excluding carboxylic acids is 1. The van der Waals surface area contributed by atoms with Crippen LogP contribution in [-0.2, 0) is 14.3 Å². The van der Waals surface area contributed by atoms with Crippen LogP contribution in [0.15, 0.2) is 4.99 Å². The van der Waals surface area contributed by atoms with E-state index in [9.17, 15) is 4.79 Å². The Labute approximate surface area is 169 Å². The number of nitrogens with zero attached hydrogens (tertiary/aromatic N) is 2. The monoisotopic (exact) mass is 394 g/mol. The highest BCUT2D eigenvalue weighted by atomic mass is 16.7. The molecule has 2 saturated carbocycles. The first-order valence-electron chi connectivity index (χ1n) is 11.0. The Hall–Kier alpha value is -1.34. The first-order valence-corrected chi connectivity index (χ1v) is 11.0. The van der Waals surface area contributed by atoms with Crippen molar-refractivity contribution in [2.45, 2.75) is 82.6 Å². The van der Waals surface area contributed by atoms with Crippen LogP contribution in [-0.4, -0.2) is 68.5 Å². The second kappa shape index (κ2) is 9.92. The molecule has 160 valence electrons. The van der Waals surface area contributed by atoms with Gasteiger partial charge in [-0.3, -0.25) is 4.79 Å². The number of likely N-dealkylation sites (N-methyl/N-ethyl adjacent to an activating group) is 1. The van der Waals surface area contributed by atoms with Crippen molar-refractivity contribution in [1.82, 2.24) is 15.5 Å². The molecule has 1 unspecified atom stereocenters. The Kier molecular flexibility index (Phi) is 7.57. The highest BCUT2D eigenvalue weighted by Crippen LogP contribution is 2.39. The van der Waals surface area contributed by atoms with Gasteiger partial charge in [-0.1, -0.05) is 26.2 Å². The molecule has 0 radical (unpaired) electrons. The maximum atomic E-state index is 11.9. The Bertz CT molecular complexity index is 538. The molecule has 3 fully saturated rings. The van der Waals surface area contributed by atoms with E-state index in [1.807, 2.05) is 0 Å². The van der Waals surface area contributed by atoms with E-state index in [4.69, 9.17) is 9.47 Å². The predicted molar refractivity (Wildman–Crippen MR) is 110 cm³/mol. The molecular weight excluding hydrogens is 356 g/mol. The van der Waals surface area contributed by atoms with Crippen LogP contribution in [0.4, 0.5) is 0 Å². The Morgan fingerprint density at radius 2 is 1.86 bits per heavy atom. The van der Waals surface area contributed by atoms with E-state index in [-0.39, 0.29) is 24.3 Å². The van der Waals surface area contributed by atoms with Crippen molar-refractivity contribution in [3.05, 3.63) is 0 Å². The van der Waals surface area contributed by atoms with Crippen LogP contribution in [0.25, 0.3) is 0 Å². The van der Waals surface area contributed by atoms with Gasteiger partial charge in [0, 0.05) is 39.5 Å². The van der Waals surface area contributed by atoms with E-state index in [1.54, 1.807) is 19.0 Å². The van der Waals surface area contributed by atoms with E-state index in [0.29, 0.717) is 25.2 Å². The fraction of sp³-hybridized carbons (Fsp3) is 0.905. The van der Waals surface area contributed by atoms with Gasteiger partial charge in [-0.15, -0.1) is 0 Å². The summed E-state index contributed by atoms with van der Waals surface area (Å²) in [6.07, 6.45) is 10.5. The van der Waals surface area contributed by atoms with Gasteiger partial charge in [-0.05, 0) is 31.6 Å². The summed E-state index contributed by atoms with van der Waals surface area (Å²) in [7, 11) is 3.52. The molecule has 2 aliphatic carbocycles. The number of hydrogen-bond donors (Lipinski definition) is 2. The minimum Gasteiger partial charge on any atom is -0.354 e. The number of amides is 1. The second-order valence-corrected chi connectivity index (χ2v) is 8.96. The van der Waals surface area contributed by atoms with Crippen LogP contribution in [0.1, 0.15) is 64.7 Å². The Morgan fingerprint density at radius 1 is 1.14 bits per heavy atom. The molecule has 1 aliphatic heterocycles. The number of carbonyl (C=O) groups is 1.